The Bertz CT molecular complexity index is 581. The summed E-state index contributed by atoms with van der Waals surface area (Å²) in [7, 11) is 1.74. The second-order valence-corrected chi connectivity index (χ2v) is 4.05. The van der Waals surface area contributed by atoms with Crippen molar-refractivity contribution in [2.75, 3.05) is 0 Å². The summed E-state index contributed by atoms with van der Waals surface area (Å²) in [5.74, 6) is 0.629. The second kappa shape index (κ2) is 4.17. The molecule has 5 heteroatoms. The Kier molecular flexibility index (Phi) is 2.86. The quantitative estimate of drug-likeness (QED) is 0.781. The number of rotatable bonds is 1. The Morgan fingerprint density at radius 1 is 1.38 bits per heavy atom. The molecule has 3 nitrogen and oxygen atoms in total. The molecule has 0 radical (unpaired) electrons. The van der Waals surface area contributed by atoms with Crippen LogP contribution >= 0.6 is 23.2 Å². The van der Waals surface area contributed by atoms with Gasteiger partial charge in [-0.25, -0.2) is 4.98 Å². The van der Waals surface area contributed by atoms with Crippen LogP contribution in [0, 0.1) is 11.3 Å². The minimum absolute atomic E-state index is 0.208. The average molecular weight is 252 g/mol. The molecule has 16 heavy (non-hydrogen) atoms. The highest BCUT2D eigenvalue weighted by molar-refractivity contribution is 6.31. The van der Waals surface area contributed by atoms with Gasteiger partial charge in [-0.3, -0.25) is 0 Å². The Morgan fingerprint density at radius 3 is 2.69 bits per heavy atom. The fourth-order valence-electron chi connectivity index (χ4n) is 1.47. The van der Waals surface area contributed by atoms with E-state index in [4.69, 9.17) is 28.5 Å². The van der Waals surface area contributed by atoms with Crippen LogP contribution in [-0.4, -0.2) is 9.55 Å². The maximum atomic E-state index is 8.89. The predicted octanol–water partition coefficient (Wildman–Crippen LogP) is 3.27. The van der Waals surface area contributed by atoms with Crippen LogP contribution in [0.25, 0.3) is 11.4 Å². The molecule has 0 aliphatic rings. The van der Waals surface area contributed by atoms with Gasteiger partial charge in [-0.1, -0.05) is 35.3 Å². The number of hydrogen-bond acceptors (Lipinski definition) is 2. The third kappa shape index (κ3) is 1.78. The van der Waals surface area contributed by atoms with E-state index in [1.165, 1.54) is 0 Å². The maximum absolute atomic E-state index is 8.89. The number of aromatic nitrogens is 2. The van der Waals surface area contributed by atoms with Gasteiger partial charge in [0, 0.05) is 17.6 Å². The lowest BCUT2D eigenvalue weighted by atomic mass is 10.2. The van der Waals surface area contributed by atoms with Crippen molar-refractivity contribution in [3.8, 4) is 17.5 Å². The van der Waals surface area contributed by atoms with Crippen LogP contribution in [0.4, 0.5) is 0 Å². The number of halogens is 2. The van der Waals surface area contributed by atoms with Gasteiger partial charge in [-0.15, -0.1) is 0 Å². The summed E-state index contributed by atoms with van der Waals surface area (Å²) >= 11 is 11.7. The topological polar surface area (TPSA) is 41.6 Å². The van der Waals surface area contributed by atoms with Gasteiger partial charge in [0.05, 0.1) is 0 Å². The number of nitrogens with zero attached hydrogens (tertiary/aromatic N) is 3. The molecule has 1 aromatic heterocycles. The minimum Gasteiger partial charge on any atom is -0.318 e. The van der Waals surface area contributed by atoms with Crippen molar-refractivity contribution in [2.45, 2.75) is 0 Å². The fraction of sp³-hybridized carbons (Fsp3) is 0.0909. The van der Waals surface area contributed by atoms with E-state index in [0.29, 0.717) is 16.5 Å². The zero-order valence-corrected chi connectivity index (χ0v) is 9.92. The van der Waals surface area contributed by atoms with Crippen molar-refractivity contribution in [3.05, 3.63) is 40.1 Å². The number of hydrogen-bond donors (Lipinski definition) is 0. The van der Waals surface area contributed by atoms with Gasteiger partial charge >= 0.3 is 0 Å². The molecule has 0 N–H and O–H groups in total. The standard InChI is InChI=1S/C11H7Cl2N3/c1-16-9(6-14)10(13)15-11(16)7-3-2-4-8(12)5-7/h2-5H,1H3. The van der Waals surface area contributed by atoms with Gasteiger partial charge in [0.25, 0.3) is 0 Å². The first-order valence-electron chi connectivity index (χ1n) is 4.51. The number of imidazole rings is 1. The van der Waals surface area contributed by atoms with Gasteiger partial charge in [0.15, 0.2) is 10.8 Å². The molecule has 0 aliphatic heterocycles. The van der Waals surface area contributed by atoms with Crippen LogP contribution in [0.2, 0.25) is 10.2 Å². The van der Waals surface area contributed by atoms with Crippen LogP contribution < -0.4 is 0 Å². The van der Waals surface area contributed by atoms with Crippen molar-refractivity contribution in [1.82, 2.24) is 9.55 Å². The normalized spacial score (nSPS) is 10.1. The summed E-state index contributed by atoms with van der Waals surface area (Å²) < 4.78 is 1.65. The van der Waals surface area contributed by atoms with Crippen molar-refractivity contribution >= 4 is 23.2 Å². The molecular formula is C11H7Cl2N3. The summed E-state index contributed by atoms with van der Waals surface area (Å²) in [6.07, 6.45) is 0. The van der Waals surface area contributed by atoms with Crippen LogP contribution in [0.5, 0.6) is 0 Å². The highest BCUT2D eigenvalue weighted by Gasteiger charge is 2.13. The fourth-order valence-corrected chi connectivity index (χ4v) is 1.91. The average Bonchev–Trinajstić information content (AvgIpc) is 2.54. The van der Waals surface area contributed by atoms with E-state index in [1.807, 2.05) is 18.2 Å². The summed E-state index contributed by atoms with van der Waals surface area (Å²) in [6, 6.07) is 9.25. The lowest BCUT2D eigenvalue weighted by Crippen LogP contribution is -1.95. The molecule has 0 fully saturated rings. The highest BCUT2D eigenvalue weighted by atomic mass is 35.5. The van der Waals surface area contributed by atoms with Gasteiger partial charge in [-0.2, -0.15) is 5.26 Å². The van der Waals surface area contributed by atoms with E-state index in [1.54, 1.807) is 23.7 Å². The smallest absolute Gasteiger partial charge is 0.166 e. The molecule has 0 saturated carbocycles. The highest BCUT2D eigenvalue weighted by Crippen LogP contribution is 2.25. The number of benzene rings is 1. The van der Waals surface area contributed by atoms with Gasteiger partial charge in [0.2, 0.25) is 0 Å². The van der Waals surface area contributed by atoms with Gasteiger partial charge in [0.1, 0.15) is 11.9 Å². The van der Waals surface area contributed by atoms with Gasteiger partial charge < -0.3 is 4.57 Å². The minimum atomic E-state index is 0.208. The largest absolute Gasteiger partial charge is 0.318 e. The van der Waals surface area contributed by atoms with Crippen LogP contribution in [0.15, 0.2) is 24.3 Å². The van der Waals surface area contributed by atoms with E-state index in [-0.39, 0.29) is 5.15 Å². The molecule has 2 rings (SSSR count). The summed E-state index contributed by atoms with van der Waals surface area (Å²) in [6.45, 7) is 0. The summed E-state index contributed by atoms with van der Waals surface area (Å²) in [4.78, 5) is 4.14. The lowest BCUT2D eigenvalue weighted by Gasteiger charge is -2.02. The molecule has 1 aromatic carbocycles. The second-order valence-electron chi connectivity index (χ2n) is 3.26. The summed E-state index contributed by atoms with van der Waals surface area (Å²) in [5, 5.41) is 9.72. The molecule has 0 spiro atoms. The number of nitriles is 1. The van der Waals surface area contributed by atoms with Crippen molar-refractivity contribution in [3.63, 3.8) is 0 Å². The third-order valence-electron chi connectivity index (χ3n) is 2.24. The van der Waals surface area contributed by atoms with E-state index >= 15 is 0 Å². The molecular weight excluding hydrogens is 245 g/mol. The zero-order chi connectivity index (χ0) is 11.7. The van der Waals surface area contributed by atoms with Crippen LogP contribution in [0.3, 0.4) is 0 Å². The zero-order valence-electron chi connectivity index (χ0n) is 8.41. The third-order valence-corrected chi connectivity index (χ3v) is 2.74. The molecule has 0 unspecified atom stereocenters. The first kappa shape index (κ1) is 11.0. The molecule has 0 bridgehead atoms. The molecule has 1 heterocycles. The molecule has 0 saturated heterocycles. The molecule has 2 aromatic rings. The Hall–Kier alpha value is -1.50. The first-order chi connectivity index (χ1) is 7.63. The molecule has 80 valence electrons. The van der Waals surface area contributed by atoms with E-state index in [2.05, 4.69) is 4.98 Å². The Morgan fingerprint density at radius 2 is 2.12 bits per heavy atom. The van der Waals surface area contributed by atoms with Crippen molar-refractivity contribution < 1.29 is 0 Å². The molecule has 0 aliphatic carbocycles. The SMILES string of the molecule is Cn1c(-c2cccc(Cl)c2)nc(Cl)c1C#N. The lowest BCUT2D eigenvalue weighted by molar-refractivity contribution is 0.907. The van der Waals surface area contributed by atoms with Gasteiger partial charge in [-0.05, 0) is 12.1 Å². The van der Waals surface area contributed by atoms with E-state index in [0.717, 1.165) is 5.56 Å². The predicted molar refractivity (Wildman–Crippen MR) is 63.4 cm³/mol. The monoisotopic (exact) mass is 251 g/mol. The summed E-state index contributed by atoms with van der Waals surface area (Å²) in [5.41, 5.74) is 1.18. The van der Waals surface area contributed by atoms with E-state index < -0.39 is 0 Å². The maximum Gasteiger partial charge on any atom is 0.166 e. The Balaban J connectivity index is 2.62. The molecule has 0 amide bonds. The van der Waals surface area contributed by atoms with Crippen molar-refractivity contribution in [1.29, 1.82) is 5.26 Å². The molecule has 0 atom stereocenters. The van der Waals surface area contributed by atoms with Crippen molar-refractivity contribution in [2.24, 2.45) is 7.05 Å². The van der Waals surface area contributed by atoms with E-state index in [9.17, 15) is 0 Å². The van der Waals surface area contributed by atoms with Crippen LogP contribution in [-0.2, 0) is 7.05 Å². The van der Waals surface area contributed by atoms with Crippen LogP contribution in [0.1, 0.15) is 5.69 Å². The Labute approximate surface area is 103 Å². The first-order valence-corrected chi connectivity index (χ1v) is 5.27.